The fourth-order valence-corrected chi connectivity index (χ4v) is 3.46. The molecule has 0 aliphatic rings. The highest BCUT2D eigenvalue weighted by Crippen LogP contribution is 2.38. The largest absolute Gasteiger partial charge is 0.544 e. The van der Waals surface area contributed by atoms with E-state index in [9.17, 15) is 5.11 Å². The predicted octanol–water partition coefficient (Wildman–Crippen LogP) is 6.10. The second-order valence-corrected chi connectivity index (χ2v) is 13.3. The minimum absolute atomic E-state index is 0.122. The molecule has 130 valence electrons. The number of phenols is 1. The van der Waals surface area contributed by atoms with Gasteiger partial charge >= 0.3 is 0 Å². The molecule has 2 nitrogen and oxygen atoms in total. The maximum Gasteiger partial charge on any atom is 0.250 e. The first-order chi connectivity index (χ1) is 10.9. The monoisotopic (exact) mass is 342 g/mol. The Morgan fingerprint density at radius 1 is 0.750 bits per heavy atom. The lowest BCUT2D eigenvalue weighted by atomic mass is 9.78. The van der Waals surface area contributed by atoms with E-state index < -0.39 is 8.32 Å². The van der Waals surface area contributed by atoms with Gasteiger partial charge in [0.25, 0.3) is 0 Å². The van der Waals surface area contributed by atoms with E-state index in [0.717, 1.165) is 5.75 Å². The zero-order chi connectivity index (χ0) is 18.2. The summed E-state index contributed by atoms with van der Waals surface area (Å²) >= 11 is 0. The van der Waals surface area contributed by atoms with Crippen LogP contribution < -0.4 is 4.43 Å². The summed E-state index contributed by atoms with van der Waals surface area (Å²) in [6.07, 6.45) is 0. The van der Waals surface area contributed by atoms with Crippen LogP contribution in [0.1, 0.15) is 45.7 Å². The summed E-state index contributed by atoms with van der Waals surface area (Å²) in [5.74, 6) is 1.25. The van der Waals surface area contributed by atoms with Crippen LogP contribution in [0.3, 0.4) is 0 Å². The first-order valence-corrected chi connectivity index (χ1v) is 11.4. The van der Waals surface area contributed by atoms with Gasteiger partial charge in [0.05, 0.1) is 0 Å². The summed E-state index contributed by atoms with van der Waals surface area (Å²) in [6, 6.07) is 15.9. The zero-order valence-electron chi connectivity index (χ0n) is 16.0. The standard InChI is InChI=1S/C21H30O2Si/c1-20(2,3)24(6,7)23-19-14-10-17(11-15-19)21(4,5)16-8-12-18(22)13-9-16/h8-15,22H,1-7H3. The van der Waals surface area contributed by atoms with E-state index in [2.05, 4.69) is 72.0 Å². The third-order valence-corrected chi connectivity index (χ3v) is 9.70. The molecule has 0 radical (unpaired) electrons. The molecule has 0 fully saturated rings. The van der Waals surface area contributed by atoms with E-state index in [-0.39, 0.29) is 10.5 Å². The topological polar surface area (TPSA) is 29.5 Å². The molecule has 0 atom stereocenters. The van der Waals surface area contributed by atoms with Gasteiger partial charge in [0.15, 0.2) is 0 Å². The van der Waals surface area contributed by atoms with Crippen LogP contribution in [0.25, 0.3) is 0 Å². The smallest absolute Gasteiger partial charge is 0.250 e. The van der Waals surface area contributed by atoms with Gasteiger partial charge in [-0.1, -0.05) is 58.9 Å². The Morgan fingerprint density at radius 3 is 1.58 bits per heavy atom. The molecule has 0 aliphatic carbocycles. The normalized spacial score (nSPS) is 13.0. The molecule has 0 aliphatic heterocycles. The summed E-state index contributed by atoms with van der Waals surface area (Å²) in [6.45, 7) is 15.7. The van der Waals surface area contributed by atoms with Crippen LogP contribution in [-0.4, -0.2) is 13.4 Å². The molecule has 0 unspecified atom stereocenters. The molecule has 2 rings (SSSR count). The Bertz CT molecular complexity index is 677. The first-order valence-electron chi connectivity index (χ1n) is 8.52. The van der Waals surface area contributed by atoms with Crippen molar-refractivity contribution in [3.05, 3.63) is 59.7 Å². The van der Waals surface area contributed by atoms with Gasteiger partial charge in [0.2, 0.25) is 8.32 Å². The number of benzene rings is 2. The average molecular weight is 343 g/mol. The second kappa shape index (κ2) is 6.28. The van der Waals surface area contributed by atoms with Crippen LogP contribution in [0, 0.1) is 0 Å². The SMILES string of the molecule is CC(C)(c1ccc(O)cc1)c1ccc(O[Si](C)(C)C(C)(C)C)cc1. The molecule has 0 saturated carbocycles. The number of rotatable bonds is 4. The zero-order valence-corrected chi connectivity index (χ0v) is 17.0. The van der Waals surface area contributed by atoms with Crippen LogP contribution in [0.4, 0.5) is 0 Å². The van der Waals surface area contributed by atoms with Gasteiger partial charge in [0, 0.05) is 5.41 Å². The van der Waals surface area contributed by atoms with Crippen LogP contribution in [-0.2, 0) is 5.41 Å². The summed E-state index contributed by atoms with van der Waals surface area (Å²) in [4.78, 5) is 0. The van der Waals surface area contributed by atoms with Crippen molar-refractivity contribution >= 4 is 8.32 Å². The third kappa shape index (κ3) is 3.84. The molecule has 2 aromatic carbocycles. The van der Waals surface area contributed by atoms with Crippen molar-refractivity contribution in [1.29, 1.82) is 0 Å². The Balaban J connectivity index is 2.24. The fraction of sp³-hybridized carbons (Fsp3) is 0.429. The molecule has 0 spiro atoms. The molecular weight excluding hydrogens is 312 g/mol. The van der Waals surface area contributed by atoms with Crippen LogP contribution in [0.2, 0.25) is 18.1 Å². The summed E-state index contributed by atoms with van der Waals surface area (Å²) in [5.41, 5.74) is 2.29. The van der Waals surface area contributed by atoms with Crippen molar-refractivity contribution < 1.29 is 9.53 Å². The third-order valence-electron chi connectivity index (χ3n) is 5.34. The maximum atomic E-state index is 9.49. The Labute approximate surface area is 147 Å². The second-order valence-electron chi connectivity index (χ2n) is 8.56. The lowest BCUT2D eigenvalue weighted by molar-refractivity contribution is 0.474. The van der Waals surface area contributed by atoms with Crippen molar-refractivity contribution in [1.82, 2.24) is 0 Å². The summed E-state index contributed by atoms with van der Waals surface area (Å²) < 4.78 is 6.36. The van der Waals surface area contributed by atoms with Crippen molar-refractivity contribution in [2.24, 2.45) is 0 Å². The molecule has 24 heavy (non-hydrogen) atoms. The van der Waals surface area contributed by atoms with Gasteiger partial charge in [-0.25, -0.2) is 0 Å². The van der Waals surface area contributed by atoms with E-state index in [0.29, 0.717) is 5.75 Å². The van der Waals surface area contributed by atoms with E-state index in [1.54, 1.807) is 12.1 Å². The van der Waals surface area contributed by atoms with Crippen LogP contribution in [0.5, 0.6) is 11.5 Å². The Kier molecular flexibility index (Phi) is 4.87. The van der Waals surface area contributed by atoms with E-state index in [1.165, 1.54) is 11.1 Å². The Hall–Kier alpha value is -1.74. The van der Waals surface area contributed by atoms with E-state index >= 15 is 0 Å². The average Bonchev–Trinajstić information content (AvgIpc) is 2.46. The summed E-state index contributed by atoms with van der Waals surface area (Å²) in [5, 5.41) is 9.68. The van der Waals surface area contributed by atoms with Crippen molar-refractivity contribution in [3.8, 4) is 11.5 Å². The molecule has 1 N–H and O–H groups in total. The van der Waals surface area contributed by atoms with Crippen molar-refractivity contribution in [2.75, 3.05) is 0 Å². The first kappa shape index (κ1) is 18.6. The highest BCUT2D eigenvalue weighted by molar-refractivity contribution is 6.74. The van der Waals surface area contributed by atoms with E-state index in [4.69, 9.17) is 4.43 Å². The van der Waals surface area contributed by atoms with E-state index in [1.807, 2.05) is 12.1 Å². The van der Waals surface area contributed by atoms with Crippen molar-refractivity contribution in [2.45, 2.75) is 58.2 Å². The molecule has 0 bridgehead atoms. The fourth-order valence-electron chi connectivity index (χ4n) is 2.43. The number of hydrogen-bond acceptors (Lipinski definition) is 2. The minimum Gasteiger partial charge on any atom is -0.544 e. The highest BCUT2D eigenvalue weighted by Gasteiger charge is 2.39. The lowest BCUT2D eigenvalue weighted by Gasteiger charge is -2.36. The molecule has 2 aromatic rings. The van der Waals surface area contributed by atoms with Gasteiger partial charge in [0.1, 0.15) is 11.5 Å². The maximum absolute atomic E-state index is 9.49. The molecule has 0 amide bonds. The highest BCUT2D eigenvalue weighted by atomic mass is 28.4. The van der Waals surface area contributed by atoms with Crippen molar-refractivity contribution in [3.63, 3.8) is 0 Å². The lowest BCUT2D eigenvalue weighted by Crippen LogP contribution is -2.43. The van der Waals surface area contributed by atoms with Crippen LogP contribution in [0.15, 0.2) is 48.5 Å². The van der Waals surface area contributed by atoms with Gasteiger partial charge in [-0.15, -0.1) is 0 Å². The van der Waals surface area contributed by atoms with Gasteiger partial charge in [-0.3, -0.25) is 0 Å². The Morgan fingerprint density at radius 2 is 1.17 bits per heavy atom. The molecular formula is C21H30O2Si. The van der Waals surface area contributed by atoms with Crippen LogP contribution >= 0.6 is 0 Å². The molecule has 3 heteroatoms. The quantitative estimate of drug-likeness (QED) is 0.680. The summed E-state index contributed by atoms with van der Waals surface area (Å²) in [7, 11) is -1.81. The molecule has 0 heterocycles. The molecule has 0 saturated heterocycles. The minimum atomic E-state index is -1.81. The van der Waals surface area contributed by atoms with Gasteiger partial charge < -0.3 is 9.53 Å². The number of hydrogen-bond donors (Lipinski definition) is 1. The van der Waals surface area contributed by atoms with Gasteiger partial charge in [-0.2, -0.15) is 0 Å². The number of phenolic OH excluding ortho intramolecular Hbond substituents is 1. The number of aromatic hydroxyl groups is 1. The van der Waals surface area contributed by atoms with Gasteiger partial charge in [-0.05, 0) is 53.5 Å². The molecule has 0 aromatic heterocycles. The predicted molar refractivity (Wildman–Crippen MR) is 105 cm³/mol.